The van der Waals surface area contributed by atoms with Crippen LogP contribution < -0.4 is 11.0 Å². The Balaban J connectivity index is 1.61. The normalized spacial score (nSPS) is 13.4. The Morgan fingerprint density at radius 1 is 1.10 bits per heavy atom. The zero-order valence-corrected chi connectivity index (χ0v) is 17.7. The van der Waals surface area contributed by atoms with Gasteiger partial charge in [-0.2, -0.15) is 0 Å². The lowest BCUT2D eigenvalue weighted by Gasteiger charge is -2.13. The molecule has 4 aromatic rings. The van der Waals surface area contributed by atoms with E-state index in [2.05, 4.69) is 10.3 Å². The number of hydrogen-bond acceptors (Lipinski definition) is 3. The number of carbonyl (C=O) groups excluding carboxylic acids is 1. The van der Waals surface area contributed by atoms with E-state index in [0.29, 0.717) is 10.6 Å². The highest BCUT2D eigenvalue weighted by atomic mass is 35.5. The Labute approximate surface area is 184 Å². The smallest absolute Gasteiger partial charge is 0.349 e. The van der Waals surface area contributed by atoms with E-state index in [1.807, 2.05) is 55.5 Å². The third-order valence-electron chi connectivity index (χ3n) is 5.58. The van der Waals surface area contributed by atoms with Crippen LogP contribution in [0.3, 0.4) is 0 Å². The number of halogens is 1. The molecule has 1 aromatic heterocycles. The number of hydrogen-bond donors (Lipinski definition) is 1. The van der Waals surface area contributed by atoms with Gasteiger partial charge in [0.25, 0.3) is 5.91 Å². The number of benzene rings is 3. The molecule has 31 heavy (non-hydrogen) atoms. The third kappa shape index (κ3) is 3.73. The quantitative estimate of drug-likeness (QED) is 0.501. The Hall–Kier alpha value is -3.44. The largest absolute Gasteiger partial charge is 0.352 e. The molecule has 6 heteroatoms. The molecule has 0 unspecified atom stereocenters. The fourth-order valence-electron chi connectivity index (χ4n) is 3.75. The molecule has 1 saturated carbocycles. The fourth-order valence-corrected chi connectivity index (χ4v) is 3.97. The van der Waals surface area contributed by atoms with Crippen molar-refractivity contribution in [2.75, 3.05) is 0 Å². The van der Waals surface area contributed by atoms with Crippen molar-refractivity contribution in [3.8, 4) is 16.8 Å². The van der Waals surface area contributed by atoms with E-state index >= 15 is 0 Å². The highest BCUT2D eigenvalue weighted by Crippen LogP contribution is 2.32. The molecule has 0 atom stereocenters. The summed E-state index contributed by atoms with van der Waals surface area (Å²) in [6.07, 6.45) is 3.65. The van der Waals surface area contributed by atoms with E-state index in [1.54, 1.807) is 22.9 Å². The number of para-hydroxylation sites is 1. The summed E-state index contributed by atoms with van der Waals surface area (Å²) < 4.78 is 1.62. The van der Waals surface area contributed by atoms with Crippen molar-refractivity contribution in [2.45, 2.75) is 25.8 Å². The van der Waals surface area contributed by atoms with Crippen molar-refractivity contribution < 1.29 is 4.79 Å². The van der Waals surface area contributed by atoms with Gasteiger partial charge in [-0.25, -0.2) is 9.78 Å². The van der Waals surface area contributed by atoms with Crippen molar-refractivity contribution in [3.63, 3.8) is 0 Å². The average molecular weight is 430 g/mol. The predicted octanol–water partition coefficient (Wildman–Crippen LogP) is 4.91. The van der Waals surface area contributed by atoms with Crippen molar-refractivity contribution in [1.29, 1.82) is 0 Å². The number of amides is 1. The number of rotatable bonds is 4. The summed E-state index contributed by atoms with van der Waals surface area (Å²) in [7, 11) is 0. The first-order valence-corrected chi connectivity index (χ1v) is 10.6. The fraction of sp³-hybridized carbons (Fsp3) is 0.160. The minimum Gasteiger partial charge on any atom is -0.349 e. The summed E-state index contributed by atoms with van der Waals surface area (Å²) >= 11 is 6.48. The van der Waals surface area contributed by atoms with Gasteiger partial charge in [0.15, 0.2) is 0 Å². The van der Waals surface area contributed by atoms with Crippen LogP contribution in [0.25, 0.3) is 27.7 Å². The molecule has 5 rings (SSSR count). The zero-order valence-electron chi connectivity index (χ0n) is 16.9. The molecule has 154 valence electrons. The van der Waals surface area contributed by atoms with Gasteiger partial charge >= 0.3 is 5.69 Å². The van der Waals surface area contributed by atoms with Crippen LogP contribution in [-0.4, -0.2) is 21.5 Å². The SMILES string of the molecule is Cc1ccccc1-n1c(=O)ncc2cc(-c3cc(C(=O)NC4CC4)ccc3Cl)ccc21. The Bertz CT molecular complexity index is 1390. The Morgan fingerprint density at radius 2 is 1.90 bits per heavy atom. The van der Waals surface area contributed by atoms with Gasteiger partial charge in [-0.3, -0.25) is 9.36 Å². The number of fused-ring (bicyclic) bond motifs is 1. The molecular formula is C25H20ClN3O2. The maximum absolute atomic E-state index is 12.6. The van der Waals surface area contributed by atoms with Crippen molar-refractivity contribution >= 4 is 28.4 Å². The molecule has 1 aliphatic carbocycles. The topological polar surface area (TPSA) is 64.0 Å². The molecule has 0 spiro atoms. The van der Waals surface area contributed by atoms with Crippen LogP contribution in [0.2, 0.25) is 5.02 Å². The molecule has 1 N–H and O–H groups in total. The van der Waals surface area contributed by atoms with Crippen LogP contribution in [-0.2, 0) is 0 Å². The Kier molecular flexibility index (Phi) is 4.83. The highest BCUT2D eigenvalue weighted by molar-refractivity contribution is 6.33. The summed E-state index contributed by atoms with van der Waals surface area (Å²) in [5, 5.41) is 4.37. The second kappa shape index (κ2) is 7.67. The number of carbonyl (C=O) groups is 1. The molecule has 0 bridgehead atoms. The van der Waals surface area contributed by atoms with E-state index in [0.717, 1.165) is 46.1 Å². The van der Waals surface area contributed by atoms with Crippen LogP contribution in [0.15, 0.2) is 71.7 Å². The third-order valence-corrected chi connectivity index (χ3v) is 5.91. The summed E-state index contributed by atoms with van der Waals surface area (Å²) in [6.45, 7) is 1.97. The number of nitrogens with one attached hydrogen (secondary N) is 1. The first-order valence-electron chi connectivity index (χ1n) is 10.2. The summed E-state index contributed by atoms with van der Waals surface area (Å²) in [5.74, 6) is -0.0868. The minimum absolute atomic E-state index is 0.0868. The van der Waals surface area contributed by atoms with Crippen molar-refractivity contribution in [3.05, 3.63) is 93.5 Å². The van der Waals surface area contributed by atoms with E-state index in [9.17, 15) is 9.59 Å². The molecule has 3 aromatic carbocycles. The van der Waals surface area contributed by atoms with Crippen LogP contribution in [0, 0.1) is 6.92 Å². The van der Waals surface area contributed by atoms with E-state index in [1.165, 1.54) is 0 Å². The van der Waals surface area contributed by atoms with Gasteiger partial charge in [0.05, 0.1) is 11.2 Å². The number of nitrogens with zero attached hydrogens (tertiary/aromatic N) is 2. The van der Waals surface area contributed by atoms with E-state index in [4.69, 9.17) is 11.6 Å². The lowest BCUT2D eigenvalue weighted by Crippen LogP contribution is -2.25. The maximum Gasteiger partial charge on any atom is 0.352 e. The number of aromatic nitrogens is 2. The molecule has 1 heterocycles. The van der Waals surface area contributed by atoms with Crippen LogP contribution in [0.5, 0.6) is 0 Å². The molecule has 5 nitrogen and oxygen atoms in total. The van der Waals surface area contributed by atoms with Gasteiger partial charge < -0.3 is 5.32 Å². The molecule has 1 amide bonds. The van der Waals surface area contributed by atoms with Crippen molar-refractivity contribution in [2.24, 2.45) is 0 Å². The standard InChI is InChI=1S/C25H20ClN3O2/c1-15-4-2-3-5-22(15)29-23-11-7-16(12-18(23)14-27-25(29)31)20-13-17(6-10-21(20)26)24(30)28-19-8-9-19/h2-7,10-14,19H,8-9H2,1H3,(H,28,30). The second-order valence-electron chi connectivity index (χ2n) is 7.88. The molecular weight excluding hydrogens is 410 g/mol. The lowest BCUT2D eigenvalue weighted by atomic mass is 10.0. The Morgan fingerprint density at radius 3 is 2.68 bits per heavy atom. The van der Waals surface area contributed by atoms with Crippen LogP contribution in [0.4, 0.5) is 0 Å². The summed E-state index contributed by atoms with van der Waals surface area (Å²) in [5.41, 5.74) is 4.42. The summed E-state index contributed by atoms with van der Waals surface area (Å²) in [4.78, 5) is 29.1. The number of aryl methyl sites for hydroxylation is 1. The van der Waals surface area contributed by atoms with Gasteiger partial charge in [-0.15, -0.1) is 0 Å². The average Bonchev–Trinajstić information content (AvgIpc) is 3.58. The monoisotopic (exact) mass is 429 g/mol. The van der Waals surface area contributed by atoms with Crippen molar-refractivity contribution in [1.82, 2.24) is 14.9 Å². The van der Waals surface area contributed by atoms with Gasteiger partial charge in [-0.05, 0) is 67.3 Å². The molecule has 1 aliphatic rings. The second-order valence-corrected chi connectivity index (χ2v) is 8.29. The molecule has 0 aliphatic heterocycles. The van der Waals surface area contributed by atoms with Gasteiger partial charge in [0.2, 0.25) is 0 Å². The molecule has 0 radical (unpaired) electrons. The first-order chi connectivity index (χ1) is 15.0. The highest BCUT2D eigenvalue weighted by Gasteiger charge is 2.24. The maximum atomic E-state index is 12.6. The lowest BCUT2D eigenvalue weighted by molar-refractivity contribution is 0.0951. The van der Waals surface area contributed by atoms with Gasteiger partial charge in [0.1, 0.15) is 0 Å². The van der Waals surface area contributed by atoms with Gasteiger partial charge in [-0.1, -0.05) is 35.9 Å². The van der Waals surface area contributed by atoms with Gasteiger partial charge in [0, 0.05) is 33.8 Å². The van der Waals surface area contributed by atoms with Crippen LogP contribution >= 0.6 is 11.6 Å². The van der Waals surface area contributed by atoms with Crippen LogP contribution in [0.1, 0.15) is 28.8 Å². The van der Waals surface area contributed by atoms with E-state index < -0.39 is 0 Å². The molecule has 1 fully saturated rings. The first kappa shape index (κ1) is 19.5. The summed E-state index contributed by atoms with van der Waals surface area (Å²) in [6, 6.07) is 19.1. The molecule has 0 saturated heterocycles. The predicted molar refractivity (Wildman–Crippen MR) is 123 cm³/mol. The van der Waals surface area contributed by atoms with E-state index in [-0.39, 0.29) is 17.6 Å². The zero-order chi connectivity index (χ0) is 21.5. The minimum atomic E-state index is -0.327.